The van der Waals surface area contributed by atoms with Crippen LogP contribution < -0.4 is 5.32 Å². The quantitative estimate of drug-likeness (QED) is 0.476. The van der Waals surface area contributed by atoms with Crippen LogP contribution in [0, 0.1) is 0 Å². The van der Waals surface area contributed by atoms with Crippen LogP contribution in [0.3, 0.4) is 0 Å². The van der Waals surface area contributed by atoms with Gasteiger partial charge in [-0.25, -0.2) is 0 Å². The van der Waals surface area contributed by atoms with E-state index in [1.165, 1.54) is 5.56 Å². The zero-order valence-electron chi connectivity index (χ0n) is 13.8. The number of carbonyl (C=O) groups is 1. The molecule has 1 aromatic carbocycles. The lowest BCUT2D eigenvalue weighted by atomic mass is 10.1. The fourth-order valence-corrected chi connectivity index (χ4v) is 2.27. The van der Waals surface area contributed by atoms with Crippen LogP contribution in [-0.4, -0.2) is 32.0 Å². The highest BCUT2D eigenvalue weighted by atomic mass is 16.7. The van der Waals surface area contributed by atoms with Crippen molar-refractivity contribution in [1.82, 2.24) is 5.32 Å². The monoisotopic (exact) mass is 307 g/mol. The maximum atomic E-state index is 11.8. The Hall–Kier alpha value is -1.39. The van der Waals surface area contributed by atoms with Gasteiger partial charge in [-0.05, 0) is 38.7 Å². The summed E-state index contributed by atoms with van der Waals surface area (Å²) >= 11 is 0. The van der Waals surface area contributed by atoms with Crippen molar-refractivity contribution in [2.45, 2.75) is 52.2 Å². The number of aryl methyl sites for hydroxylation is 1. The molecule has 0 saturated heterocycles. The molecule has 1 N–H and O–H groups in total. The van der Waals surface area contributed by atoms with Gasteiger partial charge in [-0.3, -0.25) is 4.79 Å². The van der Waals surface area contributed by atoms with E-state index in [-0.39, 0.29) is 12.2 Å². The van der Waals surface area contributed by atoms with Gasteiger partial charge >= 0.3 is 0 Å². The first-order valence-electron chi connectivity index (χ1n) is 8.30. The van der Waals surface area contributed by atoms with Gasteiger partial charge in [0.25, 0.3) is 0 Å². The van der Waals surface area contributed by atoms with Gasteiger partial charge in [0.15, 0.2) is 6.29 Å². The molecule has 0 aliphatic carbocycles. The van der Waals surface area contributed by atoms with E-state index in [9.17, 15) is 4.79 Å². The highest BCUT2D eigenvalue weighted by Gasteiger charge is 2.07. The van der Waals surface area contributed by atoms with Crippen molar-refractivity contribution in [2.75, 3.05) is 19.8 Å². The Morgan fingerprint density at radius 3 is 2.41 bits per heavy atom. The van der Waals surface area contributed by atoms with Crippen molar-refractivity contribution in [3.05, 3.63) is 35.9 Å². The SMILES string of the molecule is CCOC(CCCNC(=O)CCCc1ccccc1)OCC. The summed E-state index contributed by atoms with van der Waals surface area (Å²) in [5.41, 5.74) is 1.28. The fraction of sp³-hybridized carbons (Fsp3) is 0.611. The van der Waals surface area contributed by atoms with E-state index in [4.69, 9.17) is 9.47 Å². The molecule has 4 nitrogen and oxygen atoms in total. The summed E-state index contributed by atoms with van der Waals surface area (Å²) in [4.78, 5) is 11.8. The molecule has 22 heavy (non-hydrogen) atoms. The summed E-state index contributed by atoms with van der Waals surface area (Å²) in [6.07, 6.45) is 3.95. The molecule has 0 atom stereocenters. The second kappa shape index (κ2) is 12.2. The molecule has 0 heterocycles. The Morgan fingerprint density at radius 1 is 1.09 bits per heavy atom. The first-order valence-corrected chi connectivity index (χ1v) is 8.30. The molecule has 4 heteroatoms. The predicted octanol–water partition coefficient (Wildman–Crippen LogP) is 3.30. The van der Waals surface area contributed by atoms with Gasteiger partial charge in [0.1, 0.15) is 0 Å². The second-order valence-electron chi connectivity index (χ2n) is 5.17. The maximum Gasteiger partial charge on any atom is 0.220 e. The van der Waals surface area contributed by atoms with E-state index in [1.54, 1.807) is 0 Å². The molecule has 0 aliphatic rings. The molecular weight excluding hydrogens is 278 g/mol. The van der Waals surface area contributed by atoms with Crippen LogP contribution >= 0.6 is 0 Å². The van der Waals surface area contributed by atoms with Crippen LogP contribution in [0.1, 0.15) is 45.1 Å². The topological polar surface area (TPSA) is 47.6 Å². The van der Waals surface area contributed by atoms with E-state index in [0.717, 1.165) is 25.7 Å². The molecule has 1 amide bonds. The minimum absolute atomic E-state index is 0.125. The lowest BCUT2D eigenvalue weighted by molar-refractivity contribution is -0.140. The number of hydrogen-bond donors (Lipinski definition) is 1. The lowest BCUT2D eigenvalue weighted by Gasteiger charge is -2.16. The Morgan fingerprint density at radius 2 is 1.77 bits per heavy atom. The average Bonchev–Trinajstić information content (AvgIpc) is 2.53. The Balaban J connectivity index is 2.05. The van der Waals surface area contributed by atoms with Crippen LogP contribution in [0.15, 0.2) is 30.3 Å². The summed E-state index contributed by atoms with van der Waals surface area (Å²) in [6.45, 7) is 5.90. The third-order valence-electron chi connectivity index (χ3n) is 3.36. The minimum Gasteiger partial charge on any atom is -0.356 e. The van der Waals surface area contributed by atoms with Gasteiger partial charge in [0, 0.05) is 32.6 Å². The zero-order chi connectivity index (χ0) is 16.0. The molecule has 0 spiro atoms. The minimum atomic E-state index is -0.148. The van der Waals surface area contributed by atoms with E-state index >= 15 is 0 Å². The molecule has 0 aliphatic heterocycles. The Labute approximate surface area is 134 Å². The van der Waals surface area contributed by atoms with Crippen molar-refractivity contribution in [3.8, 4) is 0 Å². The average molecular weight is 307 g/mol. The van der Waals surface area contributed by atoms with Crippen molar-refractivity contribution in [2.24, 2.45) is 0 Å². The molecule has 0 unspecified atom stereocenters. The first kappa shape index (κ1) is 18.7. The molecule has 0 saturated carbocycles. The van der Waals surface area contributed by atoms with Gasteiger partial charge in [0.2, 0.25) is 5.91 Å². The number of amides is 1. The molecule has 0 radical (unpaired) electrons. The number of carbonyl (C=O) groups excluding carboxylic acids is 1. The highest BCUT2D eigenvalue weighted by molar-refractivity contribution is 5.75. The van der Waals surface area contributed by atoms with Crippen molar-refractivity contribution < 1.29 is 14.3 Å². The predicted molar refractivity (Wildman–Crippen MR) is 88.7 cm³/mol. The summed E-state index contributed by atoms with van der Waals surface area (Å²) in [5, 5.41) is 2.96. The first-order chi connectivity index (χ1) is 10.8. The van der Waals surface area contributed by atoms with Gasteiger partial charge in [-0.2, -0.15) is 0 Å². The summed E-state index contributed by atoms with van der Waals surface area (Å²) in [7, 11) is 0. The summed E-state index contributed by atoms with van der Waals surface area (Å²) in [5.74, 6) is 0.125. The third kappa shape index (κ3) is 8.80. The maximum absolute atomic E-state index is 11.8. The number of hydrogen-bond acceptors (Lipinski definition) is 3. The molecule has 0 bridgehead atoms. The second-order valence-corrected chi connectivity index (χ2v) is 5.17. The third-order valence-corrected chi connectivity index (χ3v) is 3.36. The molecular formula is C18H29NO3. The Bertz CT molecular complexity index is 389. The molecule has 124 valence electrons. The van der Waals surface area contributed by atoms with Crippen LogP contribution in [0.25, 0.3) is 0 Å². The Kier molecular flexibility index (Phi) is 10.3. The van der Waals surface area contributed by atoms with E-state index in [0.29, 0.717) is 26.2 Å². The molecule has 0 aromatic heterocycles. The van der Waals surface area contributed by atoms with Crippen LogP contribution in [0.5, 0.6) is 0 Å². The number of nitrogens with one attached hydrogen (secondary N) is 1. The smallest absolute Gasteiger partial charge is 0.220 e. The van der Waals surface area contributed by atoms with E-state index in [2.05, 4.69) is 17.4 Å². The van der Waals surface area contributed by atoms with Gasteiger partial charge in [-0.1, -0.05) is 30.3 Å². The van der Waals surface area contributed by atoms with Gasteiger partial charge in [0.05, 0.1) is 0 Å². The lowest BCUT2D eigenvalue weighted by Crippen LogP contribution is -2.26. The zero-order valence-corrected chi connectivity index (χ0v) is 13.8. The normalized spacial score (nSPS) is 10.9. The van der Waals surface area contributed by atoms with E-state index < -0.39 is 0 Å². The number of benzene rings is 1. The number of rotatable bonds is 12. The molecule has 0 fully saturated rings. The van der Waals surface area contributed by atoms with Crippen LogP contribution in [0.2, 0.25) is 0 Å². The number of ether oxygens (including phenoxy) is 2. The van der Waals surface area contributed by atoms with Crippen molar-refractivity contribution in [1.29, 1.82) is 0 Å². The molecule has 1 rings (SSSR count). The van der Waals surface area contributed by atoms with Crippen molar-refractivity contribution >= 4 is 5.91 Å². The van der Waals surface area contributed by atoms with Crippen LogP contribution in [-0.2, 0) is 20.7 Å². The van der Waals surface area contributed by atoms with Gasteiger partial charge < -0.3 is 14.8 Å². The fourth-order valence-electron chi connectivity index (χ4n) is 2.27. The standard InChI is InChI=1S/C18H29NO3/c1-3-21-18(22-4-2)14-9-15-19-17(20)13-8-12-16-10-6-5-7-11-16/h5-7,10-11,18H,3-4,8-9,12-15H2,1-2H3,(H,19,20). The van der Waals surface area contributed by atoms with Gasteiger partial charge in [-0.15, -0.1) is 0 Å². The molecule has 1 aromatic rings. The summed E-state index contributed by atoms with van der Waals surface area (Å²) < 4.78 is 10.9. The van der Waals surface area contributed by atoms with Crippen LogP contribution in [0.4, 0.5) is 0 Å². The largest absolute Gasteiger partial charge is 0.356 e. The van der Waals surface area contributed by atoms with Crippen molar-refractivity contribution in [3.63, 3.8) is 0 Å². The van der Waals surface area contributed by atoms with E-state index in [1.807, 2.05) is 32.0 Å². The summed E-state index contributed by atoms with van der Waals surface area (Å²) in [6, 6.07) is 10.3. The highest BCUT2D eigenvalue weighted by Crippen LogP contribution is 2.05.